The monoisotopic (exact) mass is 222 g/mol. The van der Waals surface area contributed by atoms with E-state index in [1.165, 1.54) is 0 Å². The second-order valence-corrected chi connectivity index (χ2v) is 3.88. The largest absolute Gasteiger partial charge is 0.367 e. The smallest absolute Gasteiger partial charge is 0.272 e. The van der Waals surface area contributed by atoms with Crippen molar-refractivity contribution in [2.75, 3.05) is 13.7 Å². The summed E-state index contributed by atoms with van der Waals surface area (Å²) >= 11 is 0. The Morgan fingerprint density at radius 2 is 2.25 bits per heavy atom. The van der Waals surface area contributed by atoms with Crippen LogP contribution in [0.1, 0.15) is 17.9 Å². The normalized spacial score (nSPS) is 24.6. The van der Waals surface area contributed by atoms with Gasteiger partial charge in [0.1, 0.15) is 6.23 Å². The van der Waals surface area contributed by atoms with Gasteiger partial charge in [0.05, 0.1) is 4.92 Å². The third-order valence-corrected chi connectivity index (χ3v) is 2.95. The van der Waals surface area contributed by atoms with E-state index in [4.69, 9.17) is 4.74 Å². The minimum Gasteiger partial charge on any atom is -0.367 e. The number of rotatable bonds is 3. The van der Waals surface area contributed by atoms with Crippen LogP contribution in [0.5, 0.6) is 0 Å². The predicted octanol–water partition coefficient (Wildman–Crippen LogP) is 1.64. The van der Waals surface area contributed by atoms with E-state index in [-0.39, 0.29) is 22.8 Å². The SMILES string of the molecule is COC1CC(c2ccccc2[N+](=O)[O-])CN1. The van der Waals surface area contributed by atoms with Crippen LogP contribution in [0.3, 0.4) is 0 Å². The van der Waals surface area contributed by atoms with Crippen LogP contribution < -0.4 is 5.32 Å². The number of nitrogens with one attached hydrogen (secondary N) is 1. The van der Waals surface area contributed by atoms with Crippen LogP contribution in [0.15, 0.2) is 24.3 Å². The van der Waals surface area contributed by atoms with Gasteiger partial charge in [-0.15, -0.1) is 0 Å². The van der Waals surface area contributed by atoms with Gasteiger partial charge in [0, 0.05) is 31.2 Å². The number of benzene rings is 1. The number of nitro benzene ring substituents is 1. The van der Waals surface area contributed by atoms with Crippen molar-refractivity contribution < 1.29 is 9.66 Å². The summed E-state index contributed by atoms with van der Waals surface area (Å²) in [6.45, 7) is 0.726. The predicted molar refractivity (Wildman–Crippen MR) is 59.3 cm³/mol. The zero-order valence-corrected chi connectivity index (χ0v) is 9.05. The van der Waals surface area contributed by atoms with Gasteiger partial charge in [0.15, 0.2) is 0 Å². The Bertz CT molecular complexity index is 395. The molecule has 0 saturated carbocycles. The van der Waals surface area contributed by atoms with Gasteiger partial charge in [-0.25, -0.2) is 0 Å². The average Bonchev–Trinajstić information content (AvgIpc) is 2.77. The van der Waals surface area contributed by atoms with Gasteiger partial charge in [0.2, 0.25) is 0 Å². The van der Waals surface area contributed by atoms with Crippen molar-refractivity contribution in [2.24, 2.45) is 0 Å². The van der Waals surface area contributed by atoms with Crippen molar-refractivity contribution >= 4 is 5.69 Å². The lowest BCUT2D eigenvalue weighted by atomic mass is 9.96. The van der Waals surface area contributed by atoms with Gasteiger partial charge in [-0.05, 0) is 6.42 Å². The molecule has 0 amide bonds. The molecule has 5 heteroatoms. The highest BCUT2D eigenvalue weighted by molar-refractivity contribution is 5.42. The van der Waals surface area contributed by atoms with E-state index in [1.807, 2.05) is 12.1 Å². The Morgan fingerprint density at radius 3 is 2.88 bits per heavy atom. The van der Waals surface area contributed by atoms with E-state index >= 15 is 0 Å². The molecule has 1 saturated heterocycles. The van der Waals surface area contributed by atoms with Crippen LogP contribution in [0, 0.1) is 10.1 Å². The fourth-order valence-corrected chi connectivity index (χ4v) is 2.11. The maximum Gasteiger partial charge on any atom is 0.272 e. The summed E-state index contributed by atoms with van der Waals surface area (Å²) in [5, 5.41) is 14.1. The number of hydrogen-bond acceptors (Lipinski definition) is 4. The van der Waals surface area contributed by atoms with Gasteiger partial charge < -0.3 is 4.74 Å². The highest BCUT2D eigenvalue weighted by atomic mass is 16.6. The molecule has 0 aromatic heterocycles. The highest BCUT2D eigenvalue weighted by Crippen LogP contribution is 2.32. The average molecular weight is 222 g/mol. The second kappa shape index (κ2) is 4.59. The first-order chi connectivity index (χ1) is 7.72. The van der Waals surface area contributed by atoms with Crippen molar-refractivity contribution in [3.05, 3.63) is 39.9 Å². The molecule has 1 aliphatic heterocycles. The Hall–Kier alpha value is -1.46. The van der Waals surface area contributed by atoms with Crippen LogP contribution in [0.25, 0.3) is 0 Å². The van der Waals surface area contributed by atoms with E-state index in [0.29, 0.717) is 0 Å². The van der Waals surface area contributed by atoms with Crippen molar-refractivity contribution in [3.63, 3.8) is 0 Å². The Labute approximate surface area is 93.6 Å². The van der Waals surface area contributed by atoms with E-state index in [0.717, 1.165) is 18.5 Å². The number of para-hydroxylation sites is 1. The van der Waals surface area contributed by atoms with Crippen LogP contribution in [0.4, 0.5) is 5.69 Å². The summed E-state index contributed by atoms with van der Waals surface area (Å²) in [5.74, 6) is 0.159. The molecule has 2 unspecified atom stereocenters. The summed E-state index contributed by atoms with van der Waals surface area (Å²) in [7, 11) is 1.64. The number of hydrogen-bond donors (Lipinski definition) is 1. The molecular formula is C11H14N2O3. The van der Waals surface area contributed by atoms with Crippen LogP contribution in [0.2, 0.25) is 0 Å². The summed E-state index contributed by atoms with van der Waals surface area (Å²) < 4.78 is 5.18. The Morgan fingerprint density at radius 1 is 1.50 bits per heavy atom. The maximum atomic E-state index is 10.9. The molecule has 0 bridgehead atoms. The fraction of sp³-hybridized carbons (Fsp3) is 0.455. The molecule has 16 heavy (non-hydrogen) atoms. The molecule has 2 rings (SSSR count). The molecule has 1 aliphatic rings. The van der Waals surface area contributed by atoms with Crippen molar-refractivity contribution in [1.29, 1.82) is 0 Å². The van der Waals surface area contributed by atoms with Crippen LogP contribution >= 0.6 is 0 Å². The number of ether oxygens (including phenoxy) is 1. The van der Waals surface area contributed by atoms with Gasteiger partial charge in [-0.1, -0.05) is 18.2 Å². The lowest BCUT2D eigenvalue weighted by molar-refractivity contribution is -0.385. The van der Waals surface area contributed by atoms with E-state index in [1.54, 1.807) is 19.2 Å². The topological polar surface area (TPSA) is 64.4 Å². The number of nitro groups is 1. The van der Waals surface area contributed by atoms with Crippen LogP contribution in [-0.4, -0.2) is 24.8 Å². The fourth-order valence-electron chi connectivity index (χ4n) is 2.11. The zero-order chi connectivity index (χ0) is 11.5. The molecule has 1 N–H and O–H groups in total. The molecule has 2 atom stereocenters. The minimum absolute atomic E-state index is 0.00445. The number of methoxy groups -OCH3 is 1. The highest BCUT2D eigenvalue weighted by Gasteiger charge is 2.29. The van der Waals surface area contributed by atoms with Crippen molar-refractivity contribution in [2.45, 2.75) is 18.6 Å². The molecular weight excluding hydrogens is 208 g/mol. The van der Waals surface area contributed by atoms with Crippen molar-refractivity contribution in [3.8, 4) is 0 Å². The summed E-state index contributed by atoms with van der Waals surface area (Å²) in [5.41, 5.74) is 0.991. The van der Waals surface area contributed by atoms with Gasteiger partial charge in [-0.2, -0.15) is 0 Å². The molecule has 86 valence electrons. The Balaban J connectivity index is 2.24. The molecule has 0 spiro atoms. The lowest BCUT2D eigenvalue weighted by Gasteiger charge is -2.09. The molecule has 1 aromatic rings. The molecule has 0 aliphatic carbocycles. The lowest BCUT2D eigenvalue weighted by Crippen LogP contribution is -2.22. The van der Waals surface area contributed by atoms with E-state index in [2.05, 4.69) is 5.32 Å². The van der Waals surface area contributed by atoms with E-state index in [9.17, 15) is 10.1 Å². The maximum absolute atomic E-state index is 10.9. The first-order valence-corrected chi connectivity index (χ1v) is 5.22. The van der Waals surface area contributed by atoms with E-state index < -0.39 is 0 Å². The molecule has 0 radical (unpaired) electrons. The second-order valence-electron chi connectivity index (χ2n) is 3.88. The standard InChI is InChI=1S/C11H14N2O3/c1-16-11-6-8(7-12-11)9-4-2-3-5-10(9)13(14)15/h2-5,8,11-12H,6-7H2,1H3. The van der Waals surface area contributed by atoms with Gasteiger partial charge in [0.25, 0.3) is 5.69 Å². The minimum atomic E-state index is -0.324. The Kier molecular flexibility index (Phi) is 3.17. The summed E-state index contributed by atoms with van der Waals surface area (Å²) in [6.07, 6.45) is 0.784. The summed E-state index contributed by atoms with van der Waals surface area (Å²) in [6, 6.07) is 6.90. The first kappa shape index (κ1) is 11.0. The molecule has 1 heterocycles. The third-order valence-electron chi connectivity index (χ3n) is 2.95. The van der Waals surface area contributed by atoms with Gasteiger partial charge in [-0.3, -0.25) is 15.4 Å². The van der Waals surface area contributed by atoms with Crippen molar-refractivity contribution in [1.82, 2.24) is 5.32 Å². The zero-order valence-electron chi connectivity index (χ0n) is 9.05. The molecule has 1 aromatic carbocycles. The quantitative estimate of drug-likeness (QED) is 0.623. The molecule has 1 fully saturated rings. The summed E-state index contributed by atoms with van der Waals surface area (Å²) in [4.78, 5) is 10.6. The van der Waals surface area contributed by atoms with Crippen LogP contribution in [-0.2, 0) is 4.74 Å². The van der Waals surface area contributed by atoms with Gasteiger partial charge >= 0.3 is 0 Å². The molecule has 5 nitrogen and oxygen atoms in total. The third kappa shape index (κ3) is 2.05. The number of nitrogens with zero attached hydrogens (tertiary/aromatic N) is 1. The first-order valence-electron chi connectivity index (χ1n) is 5.22.